The molecular weight excluding hydrogens is 628 g/mol. The van der Waals surface area contributed by atoms with Crippen LogP contribution in [0.3, 0.4) is 0 Å². The number of carbonyl (C=O) groups excluding carboxylic acids is 1. The zero-order valence-electron chi connectivity index (χ0n) is 22.8. The highest BCUT2D eigenvalue weighted by molar-refractivity contribution is 9.10. The van der Waals surface area contributed by atoms with Crippen LogP contribution in [0.15, 0.2) is 82.8 Å². The normalized spacial score (nSPS) is 15.0. The van der Waals surface area contributed by atoms with Gasteiger partial charge in [0, 0.05) is 18.0 Å². The summed E-state index contributed by atoms with van der Waals surface area (Å²) in [7, 11) is 1.58. The van der Waals surface area contributed by atoms with Crippen LogP contribution in [0.4, 0.5) is 0 Å². The van der Waals surface area contributed by atoms with E-state index in [1.54, 1.807) is 36.9 Å². The van der Waals surface area contributed by atoms with Crippen molar-refractivity contribution < 1.29 is 18.7 Å². The van der Waals surface area contributed by atoms with Crippen LogP contribution in [0.25, 0.3) is 6.08 Å². The fourth-order valence-electron chi connectivity index (χ4n) is 4.44. The maximum absolute atomic E-state index is 14.0. The molecule has 0 unspecified atom stereocenters. The molecule has 0 fully saturated rings. The molecule has 212 valence electrons. The molecule has 1 atom stereocenters. The van der Waals surface area contributed by atoms with Gasteiger partial charge < -0.3 is 13.9 Å². The lowest BCUT2D eigenvalue weighted by Crippen LogP contribution is -2.40. The van der Waals surface area contributed by atoms with E-state index in [2.05, 4.69) is 25.9 Å². The molecule has 0 saturated heterocycles. The molecule has 0 spiro atoms. The van der Waals surface area contributed by atoms with Crippen LogP contribution in [0.1, 0.15) is 49.7 Å². The zero-order chi connectivity index (χ0) is 29.1. The molecule has 0 saturated carbocycles. The third-order valence-electron chi connectivity index (χ3n) is 6.21. The number of rotatable bonds is 9. The Kier molecular flexibility index (Phi) is 8.91. The second-order valence-corrected chi connectivity index (χ2v) is 11.9. The number of hydrogen-bond acceptors (Lipinski definition) is 10. The van der Waals surface area contributed by atoms with Crippen LogP contribution in [0.5, 0.6) is 5.75 Å². The number of fused-ring (bicyclic) bond motifs is 1. The lowest BCUT2D eigenvalue weighted by atomic mass is 9.94. The molecule has 1 aromatic carbocycles. The largest absolute Gasteiger partial charge is 0.497 e. The third kappa shape index (κ3) is 6.09. The van der Waals surface area contributed by atoms with Gasteiger partial charge in [0.1, 0.15) is 11.5 Å². The molecule has 12 heteroatoms. The number of allylic oxidation sites excluding steroid dienone is 1. The Morgan fingerprint density at radius 3 is 2.83 bits per heavy atom. The first-order valence-corrected chi connectivity index (χ1v) is 15.4. The number of esters is 1. The van der Waals surface area contributed by atoms with Crippen LogP contribution in [-0.2, 0) is 9.53 Å². The van der Waals surface area contributed by atoms with E-state index in [0.717, 1.165) is 22.2 Å². The van der Waals surface area contributed by atoms with Gasteiger partial charge in [-0.15, -0.1) is 0 Å². The predicted molar refractivity (Wildman–Crippen MR) is 160 cm³/mol. The molecule has 3 aromatic heterocycles. The van der Waals surface area contributed by atoms with Crippen molar-refractivity contribution in [2.24, 2.45) is 4.99 Å². The van der Waals surface area contributed by atoms with Crippen molar-refractivity contribution in [2.45, 2.75) is 49.9 Å². The van der Waals surface area contributed by atoms with E-state index in [1.807, 2.05) is 44.2 Å². The standard InChI is InChI=1S/C29H27BrN4O5S2/c1-5-8-21-23(26(36)38-6-2)24(17-9-7-10-18(13-17)37-4)34-25(35)22(40-29(34)33-21)15-19-14-20(30)27(39-19)41-28-31-12-11-16(3)32-28/h7,9-15,24H,5-6,8H2,1-4H3/b22-15+/t24-/m1/s1. The fraction of sp³-hybridized carbons (Fsp3) is 0.276. The Bertz CT molecular complexity index is 1820. The molecule has 0 bridgehead atoms. The molecule has 4 heterocycles. The first-order chi connectivity index (χ1) is 19.8. The highest BCUT2D eigenvalue weighted by Gasteiger charge is 2.34. The molecule has 0 N–H and O–H groups in total. The number of nitrogens with zero attached hydrogens (tertiary/aromatic N) is 4. The molecular formula is C29H27BrN4O5S2. The second-order valence-electron chi connectivity index (χ2n) is 9.06. The van der Waals surface area contributed by atoms with Crippen molar-refractivity contribution in [1.29, 1.82) is 0 Å². The summed E-state index contributed by atoms with van der Waals surface area (Å²) < 4.78 is 19.7. The average molecular weight is 656 g/mol. The fourth-order valence-corrected chi connectivity index (χ4v) is 6.76. The van der Waals surface area contributed by atoms with Crippen molar-refractivity contribution in [2.75, 3.05) is 13.7 Å². The molecule has 1 aliphatic heterocycles. The Hall–Kier alpha value is -3.48. The molecule has 0 aliphatic carbocycles. The van der Waals surface area contributed by atoms with E-state index in [1.165, 1.54) is 23.1 Å². The second kappa shape index (κ2) is 12.6. The van der Waals surface area contributed by atoms with Crippen LogP contribution < -0.4 is 19.6 Å². The minimum atomic E-state index is -0.725. The Morgan fingerprint density at radius 1 is 1.27 bits per heavy atom. The van der Waals surface area contributed by atoms with E-state index in [9.17, 15) is 9.59 Å². The summed E-state index contributed by atoms with van der Waals surface area (Å²) in [6.45, 7) is 5.88. The summed E-state index contributed by atoms with van der Waals surface area (Å²) in [5.41, 5.74) is 2.26. The quantitative estimate of drug-likeness (QED) is 0.179. The van der Waals surface area contributed by atoms with Crippen molar-refractivity contribution in [3.8, 4) is 5.75 Å². The van der Waals surface area contributed by atoms with E-state index < -0.39 is 12.0 Å². The van der Waals surface area contributed by atoms with E-state index in [-0.39, 0.29) is 12.2 Å². The highest BCUT2D eigenvalue weighted by Crippen LogP contribution is 2.35. The molecule has 0 radical (unpaired) electrons. The minimum Gasteiger partial charge on any atom is -0.497 e. The van der Waals surface area contributed by atoms with Crippen LogP contribution in [-0.4, -0.2) is 34.2 Å². The van der Waals surface area contributed by atoms with E-state index in [4.69, 9.17) is 18.9 Å². The topological polar surface area (TPSA) is 109 Å². The first-order valence-electron chi connectivity index (χ1n) is 13.0. The van der Waals surface area contributed by atoms with Crippen molar-refractivity contribution in [3.63, 3.8) is 0 Å². The zero-order valence-corrected chi connectivity index (χ0v) is 26.1. The van der Waals surface area contributed by atoms with Crippen molar-refractivity contribution in [1.82, 2.24) is 14.5 Å². The lowest BCUT2D eigenvalue weighted by Gasteiger charge is -2.26. The number of methoxy groups -OCH3 is 1. The number of hydrogen-bond donors (Lipinski definition) is 0. The van der Waals surface area contributed by atoms with Gasteiger partial charge in [-0.05, 0) is 77.8 Å². The van der Waals surface area contributed by atoms with Gasteiger partial charge in [0.25, 0.3) is 5.56 Å². The summed E-state index contributed by atoms with van der Waals surface area (Å²) in [6.07, 6.45) is 4.71. The molecule has 4 aromatic rings. The maximum Gasteiger partial charge on any atom is 0.338 e. The number of ether oxygens (including phenoxy) is 2. The number of benzene rings is 1. The maximum atomic E-state index is 14.0. The van der Waals surface area contributed by atoms with Gasteiger partial charge in [0.2, 0.25) is 0 Å². The Morgan fingerprint density at radius 2 is 2.10 bits per heavy atom. The predicted octanol–water partition coefficient (Wildman–Crippen LogP) is 5.19. The number of thiazole rings is 1. The lowest BCUT2D eigenvalue weighted by molar-refractivity contribution is -0.139. The smallest absolute Gasteiger partial charge is 0.338 e. The van der Waals surface area contributed by atoms with Gasteiger partial charge in [-0.3, -0.25) is 9.36 Å². The number of furan rings is 1. The molecule has 1 aliphatic rings. The van der Waals surface area contributed by atoms with Crippen LogP contribution in [0, 0.1) is 6.92 Å². The highest BCUT2D eigenvalue weighted by atomic mass is 79.9. The summed E-state index contributed by atoms with van der Waals surface area (Å²) in [6, 6.07) is 10.3. The Labute approximate surface area is 252 Å². The molecule has 9 nitrogen and oxygen atoms in total. The third-order valence-corrected chi connectivity index (χ3v) is 8.91. The summed E-state index contributed by atoms with van der Waals surface area (Å²) in [4.78, 5) is 41.3. The van der Waals surface area contributed by atoms with Crippen molar-refractivity contribution in [3.05, 3.63) is 95.0 Å². The summed E-state index contributed by atoms with van der Waals surface area (Å²) in [5, 5.41) is 1.12. The van der Waals surface area contributed by atoms with Crippen molar-refractivity contribution >= 4 is 51.1 Å². The van der Waals surface area contributed by atoms with Gasteiger partial charge in [-0.25, -0.2) is 19.8 Å². The first kappa shape index (κ1) is 29.0. The molecule has 5 rings (SSSR count). The van der Waals surface area contributed by atoms with E-state index in [0.29, 0.717) is 48.8 Å². The summed E-state index contributed by atoms with van der Waals surface area (Å²) in [5.74, 6) is 0.607. The van der Waals surface area contributed by atoms with Gasteiger partial charge in [0.15, 0.2) is 15.1 Å². The number of carbonyl (C=O) groups is 1. The molecule has 41 heavy (non-hydrogen) atoms. The van der Waals surface area contributed by atoms with Gasteiger partial charge >= 0.3 is 5.97 Å². The Balaban J connectivity index is 1.64. The minimum absolute atomic E-state index is 0.207. The monoisotopic (exact) mass is 654 g/mol. The van der Waals surface area contributed by atoms with E-state index >= 15 is 0 Å². The van der Waals surface area contributed by atoms with Crippen LogP contribution >= 0.6 is 39.0 Å². The SMILES string of the molecule is CCCC1=C(C(=O)OCC)[C@@H](c2cccc(OC)c2)n2c(s/c(=C/c3cc(Br)c(Sc4nccc(C)n4)o3)c2=O)=N1. The average Bonchev–Trinajstić information content (AvgIpc) is 3.45. The number of halogens is 1. The van der Waals surface area contributed by atoms with Gasteiger partial charge in [-0.1, -0.05) is 36.8 Å². The molecule has 0 amide bonds. The number of aromatic nitrogens is 3. The van der Waals surface area contributed by atoms with Gasteiger partial charge in [0.05, 0.1) is 40.0 Å². The van der Waals surface area contributed by atoms with Gasteiger partial charge in [-0.2, -0.15) is 0 Å². The summed E-state index contributed by atoms with van der Waals surface area (Å²) >= 11 is 6.07. The number of aryl methyl sites for hydroxylation is 1. The van der Waals surface area contributed by atoms with Crippen LogP contribution in [0.2, 0.25) is 0 Å².